The number of rotatable bonds is 3. The van der Waals surface area contributed by atoms with Crippen LogP contribution in [-0.4, -0.2) is 21.8 Å². The number of primary amides is 1. The van der Waals surface area contributed by atoms with Crippen molar-refractivity contribution in [2.24, 2.45) is 23.5 Å². The number of pyridine rings is 2. The number of H-pyrrole nitrogens is 1. The van der Waals surface area contributed by atoms with Gasteiger partial charge in [0, 0.05) is 30.8 Å². The Morgan fingerprint density at radius 1 is 1.20 bits per heavy atom. The minimum Gasteiger partial charge on any atom is -0.364 e. The molecule has 2 aliphatic rings. The van der Waals surface area contributed by atoms with Crippen molar-refractivity contribution in [2.75, 3.05) is 0 Å². The van der Waals surface area contributed by atoms with Gasteiger partial charge in [0.25, 0.3) is 11.8 Å². The second-order valence-corrected chi connectivity index (χ2v) is 8.59. The van der Waals surface area contributed by atoms with E-state index in [1.807, 2.05) is 6.92 Å². The fourth-order valence-corrected chi connectivity index (χ4v) is 5.05. The van der Waals surface area contributed by atoms with E-state index in [0.29, 0.717) is 17.9 Å². The Labute approximate surface area is 175 Å². The molecule has 0 aliphatic heterocycles. The lowest BCUT2D eigenvalue weighted by Crippen LogP contribution is -2.37. The van der Waals surface area contributed by atoms with E-state index in [1.165, 1.54) is 50.6 Å². The van der Waals surface area contributed by atoms with E-state index in [4.69, 9.17) is 5.73 Å². The first-order chi connectivity index (χ1) is 14.3. The lowest BCUT2D eigenvalue weighted by molar-refractivity contribution is -0.106. The van der Waals surface area contributed by atoms with Crippen molar-refractivity contribution in [3.8, 4) is 0 Å². The number of hydrogen-bond donors (Lipinski definition) is 2. The summed E-state index contributed by atoms with van der Waals surface area (Å²) in [5.74, 6) is -2.05. The van der Waals surface area contributed by atoms with Crippen LogP contribution in [0.15, 0.2) is 29.3 Å². The fourth-order valence-electron chi connectivity index (χ4n) is 5.05. The summed E-state index contributed by atoms with van der Waals surface area (Å²) >= 11 is 0. The van der Waals surface area contributed by atoms with Gasteiger partial charge in [-0.1, -0.05) is 39.0 Å². The molecule has 2 atom stereocenters. The van der Waals surface area contributed by atoms with Gasteiger partial charge in [-0.3, -0.25) is 14.6 Å². The Morgan fingerprint density at radius 3 is 2.60 bits per heavy atom. The molecule has 2 aromatic rings. The molecule has 164 valence electrons. The third kappa shape index (κ3) is 5.05. The zero-order valence-electron chi connectivity index (χ0n) is 17.5. The van der Waals surface area contributed by atoms with E-state index in [2.05, 4.69) is 9.97 Å². The van der Waals surface area contributed by atoms with E-state index in [1.54, 1.807) is 6.07 Å². The smallest absolute Gasteiger partial charge is 0.268 e. The topological polar surface area (TPSA) is 88.8 Å². The number of carbonyl (C=O) groups excluding carboxylic acids is 1. The molecule has 2 heterocycles. The Bertz CT molecular complexity index is 917. The van der Waals surface area contributed by atoms with Crippen LogP contribution in [0.1, 0.15) is 75.2 Å². The van der Waals surface area contributed by atoms with E-state index in [0.717, 1.165) is 18.8 Å². The fraction of sp³-hybridized carbons (Fsp3) is 0.609. The highest BCUT2D eigenvalue weighted by Crippen LogP contribution is 2.47. The molecule has 7 heteroatoms. The molecule has 1 unspecified atom stereocenters. The Kier molecular flexibility index (Phi) is 7.21. The van der Waals surface area contributed by atoms with Crippen LogP contribution < -0.4 is 11.2 Å². The molecule has 2 aliphatic carbocycles. The number of halogens is 2. The summed E-state index contributed by atoms with van der Waals surface area (Å²) in [6, 6.07) is 2.94. The summed E-state index contributed by atoms with van der Waals surface area (Å²) in [6.07, 6.45) is 11.9. The number of carbonyl (C=O) groups is 1. The predicted octanol–water partition coefficient (Wildman–Crippen LogP) is 5.05. The largest absolute Gasteiger partial charge is 0.364 e. The van der Waals surface area contributed by atoms with Crippen LogP contribution in [0.4, 0.5) is 8.78 Å². The van der Waals surface area contributed by atoms with Crippen LogP contribution in [0.5, 0.6) is 0 Å². The summed E-state index contributed by atoms with van der Waals surface area (Å²) in [4.78, 5) is 29.0. The molecule has 0 radical (unpaired) electrons. The minimum atomic E-state index is -2.38. The third-order valence-electron chi connectivity index (χ3n) is 6.75. The Morgan fingerprint density at radius 2 is 1.93 bits per heavy atom. The van der Waals surface area contributed by atoms with Gasteiger partial charge in [0.2, 0.25) is 0 Å². The Balaban J connectivity index is 0.000000172. The molecule has 0 aromatic carbocycles. The third-order valence-corrected chi connectivity index (χ3v) is 6.75. The van der Waals surface area contributed by atoms with Crippen LogP contribution in [0, 0.1) is 17.8 Å². The molecule has 4 rings (SSSR count). The number of fused-ring (bicyclic) bond motifs is 1. The monoisotopic (exact) mass is 419 g/mol. The summed E-state index contributed by atoms with van der Waals surface area (Å²) in [5, 5.41) is 0.238. The van der Waals surface area contributed by atoms with Gasteiger partial charge < -0.3 is 10.7 Å². The number of nitrogens with zero attached hydrogens (tertiary/aromatic N) is 1. The highest BCUT2D eigenvalue weighted by Gasteiger charge is 2.44. The highest BCUT2D eigenvalue weighted by atomic mass is 19.3. The molecule has 0 bridgehead atoms. The maximum Gasteiger partial charge on any atom is 0.268 e. The molecular weight excluding hydrogens is 388 g/mol. The molecule has 2 aromatic heterocycles. The number of nitrogens with two attached hydrogens (primary N) is 1. The minimum absolute atomic E-state index is 0.00403. The van der Waals surface area contributed by atoms with Crippen LogP contribution in [0.2, 0.25) is 0 Å². The first kappa shape index (κ1) is 22.4. The molecule has 2 fully saturated rings. The maximum atomic E-state index is 13.6. The SMILES string of the molecule is CC[C@@H]1CC(C2CCCCC2)CCC1(F)F.NC(=O)c1nccc2[nH]ccc(=O)c12. The van der Waals surface area contributed by atoms with Crippen LogP contribution in [-0.2, 0) is 0 Å². The summed E-state index contributed by atoms with van der Waals surface area (Å²) in [6.45, 7) is 1.92. The molecular formula is C23H31F2N3O2. The van der Waals surface area contributed by atoms with Crippen LogP contribution in [0.3, 0.4) is 0 Å². The number of alkyl halides is 2. The predicted molar refractivity (Wildman–Crippen MR) is 114 cm³/mol. The first-order valence-electron chi connectivity index (χ1n) is 11.0. The van der Waals surface area contributed by atoms with Crippen molar-refractivity contribution in [1.82, 2.24) is 9.97 Å². The molecule has 0 spiro atoms. The van der Waals surface area contributed by atoms with Crippen molar-refractivity contribution < 1.29 is 13.6 Å². The van der Waals surface area contributed by atoms with Crippen molar-refractivity contribution in [3.05, 3.63) is 40.4 Å². The van der Waals surface area contributed by atoms with E-state index in [-0.39, 0.29) is 28.8 Å². The summed E-state index contributed by atoms with van der Waals surface area (Å²) in [5.41, 5.74) is 5.39. The van der Waals surface area contributed by atoms with E-state index < -0.39 is 11.8 Å². The van der Waals surface area contributed by atoms with E-state index >= 15 is 0 Å². The molecule has 30 heavy (non-hydrogen) atoms. The van der Waals surface area contributed by atoms with Crippen LogP contribution >= 0.6 is 0 Å². The summed E-state index contributed by atoms with van der Waals surface area (Å²) in [7, 11) is 0. The van der Waals surface area contributed by atoms with Crippen molar-refractivity contribution >= 4 is 16.8 Å². The molecule has 1 amide bonds. The molecule has 3 N–H and O–H groups in total. The standard InChI is InChI=1S/C14H24F2.C9H7N3O2/c1-2-13-10-12(8-9-14(13,15)16)11-6-4-3-5-7-11;10-9(14)8-7-5(1-3-12-8)11-4-2-6(7)13/h11-13H,2-10H2,1H3;1-4H,(H2,10,14)(H,11,13)/t12?,13-;/m1./s1. The van der Waals surface area contributed by atoms with Gasteiger partial charge in [0.15, 0.2) is 5.43 Å². The van der Waals surface area contributed by atoms with Crippen molar-refractivity contribution in [1.29, 1.82) is 0 Å². The molecule has 2 saturated carbocycles. The normalized spacial score (nSPS) is 24.1. The maximum absolute atomic E-state index is 13.6. The average Bonchev–Trinajstić information content (AvgIpc) is 2.74. The Hall–Kier alpha value is -2.31. The number of amides is 1. The highest BCUT2D eigenvalue weighted by molar-refractivity contribution is 6.03. The zero-order valence-corrected chi connectivity index (χ0v) is 17.5. The van der Waals surface area contributed by atoms with Gasteiger partial charge in [0.05, 0.1) is 10.9 Å². The van der Waals surface area contributed by atoms with E-state index in [9.17, 15) is 18.4 Å². The second-order valence-electron chi connectivity index (χ2n) is 8.59. The van der Waals surface area contributed by atoms with Crippen molar-refractivity contribution in [2.45, 2.75) is 70.6 Å². The first-order valence-corrected chi connectivity index (χ1v) is 11.0. The van der Waals surface area contributed by atoms with Gasteiger partial charge in [-0.25, -0.2) is 8.78 Å². The lowest BCUT2D eigenvalue weighted by Gasteiger charge is -2.40. The number of hydrogen-bond acceptors (Lipinski definition) is 3. The molecule has 0 saturated heterocycles. The van der Waals surface area contributed by atoms with Crippen molar-refractivity contribution in [3.63, 3.8) is 0 Å². The van der Waals surface area contributed by atoms with Gasteiger partial charge >= 0.3 is 0 Å². The number of aromatic nitrogens is 2. The zero-order chi connectivity index (χ0) is 21.7. The summed E-state index contributed by atoms with van der Waals surface area (Å²) < 4.78 is 27.2. The lowest BCUT2D eigenvalue weighted by atomic mass is 9.68. The van der Waals surface area contributed by atoms with Crippen LogP contribution in [0.25, 0.3) is 10.9 Å². The van der Waals surface area contributed by atoms with Gasteiger partial charge in [0.1, 0.15) is 5.69 Å². The van der Waals surface area contributed by atoms with Gasteiger partial charge in [-0.2, -0.15) is 0 Å². The van der Waals surface area contributed by atoms with Gasteiger partial charge in [-0.15, -0.1) is 0 Å². The van der Waals surface area contributed by atoms with Gasteiger partial charge in [-0.05, 0) is 37.2 Å². The average molecular weight is 420 g/mol. The second kappa shape index (κ2) is 9.67. The quantitative estimate of drug-likeness (QED) is 0.729. The molecule has 5 nitrogen and oxygen atoms in total. The number of aromatic amines is 1. The number of nitrogens with one attached hydrogen (secondary N) is 1.